The first-order valence-electron chi connectivity index (χ1n) is 10.7. The number of para-hydroxylation sites is 1. The van der Waals surface area contributed by atoms with Crippen molar-refractivity contribution in [3.05, 3.63) is 102 Å². The van der Waals surface area contributed by atoms with E-state index in [9.17, 15) is 4.79 Å². The highest BCUT2D eigenvalue weighted by molar-refractivity contribution is 7.99. The maximum Gasteiger partial charge on any atom is 0.233 e. The number of thioether (sulfide) groups is 1. The highest BCUT2D eigenvalue weighted by Gasteiger charge is 2.24. The van der Waals surface area contributed by atoms with Crippen LogP contribution in [0.4, 0.5) is 0 Å². The van der Waals surface area contributed by atoms with Crippen LogP contribution in [-0.2, 0) is 4.79 Å². The summed E-state index contributed by atoms with van der Waals surface area (Å²) in [6, 6.07) is 27.9. The maximum atomic E-state index is 13.3. The number of benzene rings is 3. The molecule has 7 heteroatoms. The molecule has 3 aromatic carbocycles. The Morgan fingerprint density at radius 3 is 2.18 bits per heavy atom. The van der Waals surface area contributed by atoms with Gasteiger partial charge in [-0.2, -0.15) is 4.52 Å². The molecule has 1 amide bonds. The Kier molecular flexibility index (Phi) is 5.79. The van der Waals surface area contributed by atoms with E-state index in [0.717, 1.165) is 27.7 Å². The Morgan fingerprint density at radius 2 is 1.52 bits per heavy atom. The second kappa shape index (κ2) is 9.03. The van der Waals surface area contributed by atoms with Gasteiger partial charge in [0, 0.05) is 12.4 Å². The lowest BCUT2D eigenvalue weighted by Crippen LogP contribution is -2.33. The second-order valence-electron chi connectivity index (χ2n) is 7.82. The minimum absolute atomic E-state index is 0.0117. The lowest BCUT2D eigenvalue weighted by molar-refractivity contribution is -0.128. The largest absolute Gasteiger partial charge is 0.334 e. The standard InChI is InChI=1S/C26H23N5OS/c1-18-27-25-21-15-9-10-16-22(21)28-26(31(25)29-18)33-17-23(32)30(2)24(19-11-5-3-6-12-19)20-13-7-4-8-14-20/h3-16,24H,17H2,1-2H3. The van der Waals surface area contributed by atoms with E-state index in [1.807, 2.05) is 79.5 Å². The molecule has 0 aliphatic rings. The Labute approximate surface area is 196 Å². The minimum Gasteiger partial charge on any atom is -0.334 e. The maximum absolute atomic E-state index is 13.3. The van der Waals surface area contributed by atoms with Gasteiger partial charge in [-0.25, -0.2) is 9.97 Å². The van der Waals surface area contributed by atoms with E-state index >= 15 is 0 Å². The van der Waals surface area contributed by atoms with Crippen molar-refractivity contribution < 1.29 is 4.79 Å². The van der Waals surface area contributed by atoms with Crippen molar-refractivity contribution in [1.82, 2.24) is 24.5 Å². The van der Waals surface area contributed by atoms with Crippen molar-refractivity contribution >= 4 is 34.2 Å². The fraction of sp³-hybridized carbons (Fsp3) is 0.154. The predicted octanol–water partition coefficient (Wildman–Crippen LogP) is 4.93. The van der Waals surface area contributed by atoms with Crippen LogP contribution in [0.1, 0.15) is 23.0 Å². The second-order valence-corrected chi connectivity index (χ2v) is 8.77. The molecular weight excluding hydrogens is 430 g/mol. The highest BCUT2D eigenvalue weighted by atomic mass is 32.2. The van der Waals surface area contributed by atoms with Crippen LogP contribution in [0.3, 0.4) is 0 Å². The zero-order valence-corrected chi connectivity index (χ0v) is 19.2. The molecular formula is C26H23N5OS. The third-order valence-corrected chi connectivity index (χ3v) is 6.51. The molecule has 0 radical (unpaired) electrons. The summed E-state index contributed by atoms with van der Waals surface area (Å²) in [4.78, 5) is 24.5. The van der Waals surface area contributed by atoms with E-state index in [2.05, 4.69) is 34.3 Å². The van der Waals surface area contributed by atoms with E-state index in [-0.39, 0.29) is 17.7 Å². The van der Waals surface area contributed by atoms with Crippen LogP contribution in [-0.4, -0.2) is 43.2 Å². The van der Waals surface area contributed by atoms with E-state index in [1.54, 1.807) is 4.52 Å². The molecule has 0 fully saturated rings. The van der Waals surface area contributed by atoms with Gasteiger partial charge in [-0.1, -0.05) is 84.6 Å². The normalized spacial score (nSPS) is 11.4. The smallest absolute Gasteiger partial charge is 0.233 e. The first kappa shape index (κ1) is 21.2. The number of rotatable bonds is 6. The SMILES string of the molecule is Cc1nc2c3ccccc3nc(SCC(=O)N(C)C(c3ccccc3)c3ccccc3)n2n1. The van der Waals surface area contributed by atoms with Crippen molar-refractivity contribution in [1.29, 1.82) is 0 Å². The fourth-order valence-corrected chi connectivity index (χ4v) is 4.88. The number of aromatic nitrogens is 4. The Bertz CT molecular complexity index is 1380. The van der Waals surface area contributed by atoms with E-state index in [0.29, 0.717) is 11.0 Å². The molecule has 0 saturated heterocycles. The van der Waals surface area contributed by atoms with Gasteiger partial charge >= 0.3 is 0 Å². The van der Waals surface area contributed by atoms with Crippen molar-refractivity contribution in [2.45, 2.75) is 18.1 Å². The summed E-state index contributed by atoms with van der Waals surface area (Å²) in [7, 11) is 1.86. The molecule has 33 heavy (non-hydrogen) atoms. The van der Waals surface area contributed by atoms with Crippen molar-refractivity contribution in [2.24, 2.45) is 0 Å². The van der Waals surface area contributed by atoms with Gasteiger partial charge in [0.25, 0.3) is 0 Å². The molecule has 0 atom stereocenters. The van der Waals surface area contributed by atoms with Gasteiger partial charge in [0.1, 0.15) is 5.82 Å². The van der Waals surface area contributed by atoms with E-state index in [1.165, 1.54) is 11.8 Å². The summed E-state index contributed by atoms with van der Waals surface area (Å²) in [5.41, 5.74) is 3.74. The molecule has 2 aromatic heterocycles. The molecule has 6 nitrogen and oxygen atoms in total. The number of nitrogens with zero attached hydrogens (tertiary/aromatic N) is 5. The molecule has 0 unspecified atom stereocenters. The number of fused-ring (bicyclic) bond motifs is 3. The lowest BCUT2D eigenvalue weighted by atomic mass is 9.97. The summed E-state index contributed by atoms with van der Waals surface area (Å²) in [5.74, 6) is 0.927. The quantitative estimate of drug-likeness (QED) is 0.270. The van der Waals surface area contributed by atoms with Gasteiger partial charge in [-0.15, -0.1) is 5.10 Å². The van der Waals surface area contributed by atoms with E-state index in [4.69, 9.17) is 4.98 Å². The molecule has 164 valence electrons. The zero-order chi connectivity index (χ0) is 22.8. The van der Waals surface area contributed by atoms with Crippen molar-refractivity contribution in [3.63, 3.8) is 0 Å². The highest BCUT2D eigenvalue weighted by Crippen LogP contribution is 2.29. The molecule has 5 aromatic rings. The zero-order valence-electron chi connectivity index (χ0n) is 18.4. The molecule has 0 spiro atoms. The first-order chi connectivity index (χ1) is 16.1. The third-order valence-electron chi connectivity index (χ3n) is 5.59. The van der Waals surface area contributed by atoms with Crippen LogP contribution in [0, 0.1) is 6.92 Å². The molecule has 0 aliphatic heterocycles. The number of carbonyl (C=O) groups is 1. The molecule has 0 bridgehead atoms. The number of amides is 1. The number of aryl methyl sites for hydroxylation is 1. The monoisotopic (exact) mass is 453 g/mol. The molecule has 0 N–H and O–H groups in total. The van der Waals surface area contributed by atoms with Gasteiger partial charge < -0.3 is 4.90 Å². The fourth-order valence-electron chi connectivity index (χ4n) is 4.01. The van der Waals surface area contributed by atoms with Gasteiger partial charge in [0.15, 0.2) is 10.8 Å². The Hall–Kier alpha value is -3.71. The minimum atomic E-state index is -0.168. The van der Waals surface area contributed by atoms with Gasteiger partial charge in [-0.05, 0) is 30.2 Å². The van der Waals surface area contributed by atoms with Crippen LogP contribution in [0.2, 0.25) is 0 Å². The topological polar surface area (TPSA) is 63.4 Å². The van der Waals surface area contributed by atoms with Crippen molar-refractivity contribution in [2.75, 3.05) is 12.8 Å². The van der Waals surface area contributed by atoms with Crippen LogP contribution in [0.25, 0.3) is 16.6 Å². The average Bonchev–Trinajstić information content (AvgIpc) is 3.25. The predicted molar refractivity (Wildman–Crippen MR) is 131 cm³/mol. The first-order valence-corrected chi connectivity index (χ1v) is 11.7. The van der Waals surface area contributed by atoms with Crippen LogP contribution in [0.5, 0.6) is 0 Å². The Balaban J connectivity index is 1.44. The van der Waals surface area contributed by atoms with Crippen LogP contribution in [0.15, 0.2) is 90.1 Å². The van der Waals surface area contributed by atoms with Gasteiger partial charge in [-0.3, -0.25) is 4.79 Å². The molecule has 5 rings (SSSR count). The number of hydrogen-bond acceptors (Lipinski definition) is 5. The summed E-state index contributed by atoms with van der Waals surface area (Å²) >= 11 is 1.38. The average molecular weight is 454 g/mol. The number of hydrogen-bond donors (Lipinski definition) is 0. The van der Waals surface area contributed by atoms with Gasteiger partial charge in [0.05, 0.1) is 17.3 Å². The van der Waals surface area contributed by atoms with E-state index < -0.39 is 0 Å². The number of carbonyl (C=O) groups excluding carboxylic acids is 1. The summed E-state index contributed by atoms with van der Waals surface area (Å²) in [6.45, 7) is 1.86. The summed E-state index contributed by atoms with van der Waals surface area (Å²) in [5, 5.41) is 6.11. The summed E-state index contributed by atoms with van der Waals surface area (Å²) in [6.07, 6.45) is 0. The molecule has 2 heterocycles. The van der Waals surface area contributed by atoms with Crippen LogP contribution >= 0.6 is 11.8 Å². The van der Waals surface area contributed by atoms with Crippen LogP contribution < -0.4 is 0 Å². The molecule has 0 aliphatic carbocycles. The molecule has 0 saturated carbocycles. The van der Waals surface area contributed by atoms with Crippen molar-refractivity contribution in [3.8, 4) is 0 Å². The summed E-state index contributed by atoms with van der Waals surface area (Å²) < 4.78 is 1.74. The Morgan fingerprint density at radius 1 is 0.909 bits per heavy atom. The lowest BCUT2D eigenvalue weighted by Gasteiger charge is -2.29. The van der Waals surface area contributed by atoms with Gasteiger partial charge in [0.2, 0.25) is 5.91 Å². The third kappa shape index (κ3) is 4.19.